The molecule has 0 unspecified atom stereocenters. The number of carbonyl (C=O) groups is 1. The Kier molecular flexibility index (Phi) is 2.25. The van der Waals surface area contributed by atoms with Gasteiger partial charge in [0.15, 0.2) is 0 Å². The second kappa shape index (κ2) is 3.57. The van der Waals surface area contributed by atoms with E-state index < -0.39 is 5.97 Å². The fraction of sp³-hybridized carbons (Fsp3) is 0.0909. The Morgan fingerprint density at radius 2 is 2.20 bits per heavy atom. The van der Waals surface area contributed by atoms with Crippen molar-refractivity contribution in [3.63, 3.8) is 0 Å². The lowest BCUT2D eigenvalue weighted by Gasteiger charge is -2.04. The standard InChI is InChI=1S/C11H9NO3/c1-15-11(14)9-4-7-2-3-12-6-8(7)5-10(9)13/h2-6,13H,1H3. The van der Waals surface area contributed by atoms with Crippen molar-refractivity contribution in [1.82, 2.24) is 4.98 Å². The first-order valence-corrected chi connectivity index (χ1v) is 4.37. The van der Waals surface area contributed by atoms with Crippen molar-refractivity contribution in [2.75, 3.05) is 7.11 Å². The lowest BCUT2D eigenvalue weighted by atomic mass is 10.1. The van der Waals surface area contributed by atoms with E-state index >= 15 is 0 Å². The molecule has 0 aliphatic heterocycles. The third kappa shape index (κ3) is 1.61. The van der Waals surface area contributed by atoms with E-state index in [0.717, 1.165) is 10.8 Å². The molecule has 0 radical (unpaired) electrons. The van der Waals surface area contributed by atoms with E-state index in [2.05, 4.69) is 9.72 Å². The van der Waals surface area contributed by atoms with Crippen molar-refractivity contribution in [3.8, 4) is 5.75 Å². The van der Waals surface area contributed by atoms with Gasteiger partial charge in [0, 0.05) is 17.8 Å². The van der Waals surface area contributed by atoms with Crippen LogP contribution in [0.5, 0.6) is 5.75 Å². The fourth-order valence-corrected chi connectivity index (χ4v) is 1.40. The number of nitrogens with zero attached hydrogens (tertiary/aromatic N) is 1. The quantitative estimate of drug-likeness (QED) is 0.717. The number of methoxy groups -OCH3 is 1. The third-order valence-electron chi connectivity index (χ3n) is 2.16. The maximum absolute atomic E-state index is 11.3. The molecule has 0 aliphatic rings. The highest BCUT2D eigenvalue weighted by atomic mass is 16.5. The van der Waals surface area contributed by atoms with Gasteiger partial charge in [-0.3, -0.25) is 4.98 Å². The Balaban J connectivity index is 2.67. The summed E-state index contributed by atoms with van der Waals surface area (Å²) < 4.78 is 4.55. The lowest BCUT2D eigenvalue weighted by molar-refractivity contribution is 0.0597. The van der Waals surface area contributed by atoms with E-state index in [9.17, 15) is 9.90 Å². The number of phenols is 1. The monoisotopic (exact) mass is 203 g/mol. The number of rotatable bonds is 1. The summed E-state index contributed by atoms with van der Waals surface area (Å²) in [6, 6.07) is 4.84. The summed E-state index contributed by atoms with van der Waals surface area (Å²) >= 11 is 0. The number of pyridine rings is 1. The Morgan fingerprint density at radius 3 is 2.93 bits per heavy atom. The van der Waals surface area contributed by atoms with Crippen LogP contribution in [-0.2, 0) is 4.74 Å². The van der Waals surface area contributed by atoms with Crippen LogP contribution in [-0.4, -0.2) is 23.2 Å². The number of phenolic OH excluding ortho intramolecular Hbond substituents is 1. The number of hydrogen-bond acceptors (Lipinski definition) is 4. The Labute approximate surface area is 86.1 Å². The van der Waals surface area contributed by atoms with Gasteiger partial charge in [0.1, 0.15) is 11.3 Å². The zero-order valence-corrected chi connectivity index (χ0v) is 8.10. The predicted octanol–water partition coefficient (Wildman–Crippen LogP) is 1.73. The predicted molar refractivity (Wildman–Crippen MR) is 54.7 cm³/mol. The summed E-state index contributed by atoms with van der Waals surface area (Å²) in [5, 5.41) is 11.2. The van der Waals surface area contributed by atoms with Crippen LogP contribution in [0.25, 0.3) is 10.8 Å². The van der Waals surface area contributed by atoms with E-state index in [1.807, 2.05) is 0 Å². The Bertz CT molecular complexity index is 522. The average Bonchev–Trinajstić information content (AvgIpc) is 2.27. The Hall–Kier alpha value is -2.10. The van der Waals surface area contributed by atoms with Gasteiger partial charge in [0.2, 0.25) is 0 Å². The van der Waals surface area contributed by atoms with Crippen LogP contribution < -0.4 is 0 Å². The molecule has 0 saturated carbocycles. The molecule has 2 rings (SSSR count). The second-order valence-electron chi connectivity index (χ2n) is 3.08. The summed E-state index contributed by atoms with van der Waals surface area (Å²) in [5.74, 6) is -0.645. The van der Waals surface area contributed by atoms with Crippen molar-refractivity contribution < 1.29 is 14.6 Å². The number of aromatic hydroxyl groups is 1. The third-order valence-corrected chi connectivity index (χ3v) is 2.16. The smallest absolute Gasteiger partial charge is 0.341 e. The number of esters is 1. The molecule has 4 nitrogen and oxygen atoms in total. The number of fused-ring (bicyclic) bond motifs is 1. The van der Waals surface area contributed by atoms with E-state index in [4.69, 9.17) is 0 Å². The topological polar surface area (TPSA) is 59.4 Å². The number of benzene rings is 1. The van der Waals surface area contributed by atoms with E-state index in [0.29, 0.717) is 0 Å². The molecule has 0 amide bonds. The molecule has 0 fully saturated rings. The maximum Gasteiger partial charge on any atom is 0.341 e. The van der Waals surface area contributed by atoms with Crippen LogP contribution in [0, 0.1) is 0 Å². The molecule has 76 valence electrons. The number of carbonyl (C=O) groups excluding carboxylic acids is 1. The molecule has 1 N–H and O–H groups in total. The molecule has 0 saturated heterocycles. The molecular weight excluding hydrogens is 194 g/mol. The molecule has 0 aliphatic carbocycles. The van der Waals surface area contributed by atoms with Crippen LogP contribution in [0.2, 0.25) is 0 Å². The minimum atomic E-state index is -0.550. The largest absolute Gasteiger partial charge is 0.507 e. The summed E-state index contributed by atoms with van der Waals surface area (Å²) in [6.07, 6.45) is 3.25. The molecule has 15 heavy (non-hydrogen) atoms. The summed E-state index contributed by atoms with van der Waals surface area (Å²) in [7, 11) is 1.28. The van der Waals surface area contributed by atoms with Gasteiger partial charge in [0.25, 0.3) is 0 Å². The lowest BCUT2D eigenvalue weighted by Crippen LogP contribution is -2.01. The van der Waals surface area contributed by atoms with Crippen molar-refractivity contribution in [2.24, 2.45) is 0 Å². The number of aromatic nitrogens is 1. The van der Waals surface area contributed by atoms with E-state index in [1.165, 1.54) is 13.2 Å². The van der Waals surface area contributed by atoms with Crippen molar-refractivity contribution in [3.05, 3.63) is 36.2 Å². The van der Waals surface area contributed by atoms with Crippen LogP contribution in [0.1, 0.15) is 10.4 Å². The molecular formula is C11H9NO3. The van der Waals surface area contributed by atoms with Gasteiger partial charge in [-0.15, -0.1) is 0 Å². The summed E-state index contributed by atoms with van der Waals surface area (Å²) in [6.45, 7) is 0. The molecule has 2 aromatic rings. The SMILES string of the molecule is COC(=O)c1cc2ccncc2cc1O. The van der Waals surface area contributed by atoms with Crippen LogP contribution >= 0.6 is 0 Å². The van der Waals surface area contributed by atoms with Crippen LogP contribution in [0.3, 0.4) is 0 Å². The van der Waals surface area contributed by atoms with E-state index in [-0.39, 0.29) is 11.3 Å². The van der Waals surface area contributed by atoms with Crippen LogP contribution in [0.4, 0.5) is 0 Å². The van der Waals surface area contributed by atoms with Gasteiger partial charge < -0.3 is 9.84 Å². The fourth-order valence-electron chi connectivity index (χ4n) is 1.40. The average molecular weight is 203 g/mol. The Morgan fingerprint density at radius 1 is 1.40 bits per heavy atom. The van der Waals surface area contributed by atoms with Gasteiger partial charge in [-0.25, -0.2) is 4.79 Å². The highest BCUT2D eigenvalue weighted by Gasteiger charge is 2.12. The molecule has 1 aromatic heterocycles. The highest BCUT2D eigenvalue weighted by molar-refractivity contribution is 5.98. The second-order valence-corrected chi connectivity index (χ2v) is 3.08. The van der Waals surface area contributed by atoms with Crippen molar-refractivity contribution >= 4 is 16.7 Å². The first kappa shape index (κ1) is 9.45. The zero-order chi connectivity index (χ0) is 10.8. The van der Waals surface area contributed by atoms with Gasteiger partial charge in [-0.05, 0) is 23.6 Å². The minimum Gasteiger partial charge on any atom is -0.507 e. The zero-order valence-electron chi connectivity index (χ0n) is 8.10. The normalized spacial score (nSPS) is 10.2. The van der Waals surface area contributed by atoms with Gasteiger partial charge in [-0.2, -0.15) is 0 Å². The van der Waals surface area contributed by atoms with Crippen molar-refractivity contribution in [1.29, 1.82) is 0 Å². The van der Waals surface area contributed by atoms with Crippen LogP contribution in [0.15, 0.2) is 30.6 Å². The summed E-state index contributed by atoms with van der Waals surface area (Å²) in [5.41, 5.74) is 0.163. The van der Waals surface area contributed by atoms with Crippen molar-refractivity contribution in [2.45, 2.75) is 0 Å². The maximum atomic E-state index is 11.3. The van der Waals surface area contributed by atoms with Gasteiger partial charge in [0.05, 0.1) is 7.11 Å². The summed E-state index contributed by atoms with van der Waals surface area (Å²) in [4.78, 5) is 15.2. The minimum absolute atomic E-state index is 0.0950. The van der Waals surface area contributed by atoms with E-state index in [1.54, 1.807) is 24.5 Å². The first-order chi connectivity index (χ1) is 7.22. The molecule has 1 heterocycles. The number of ether oxygens (including phenoxy) is 1. The molecule has 4 heteroatoms. The highest BCUT2D eigenvalue weighted by Crippen LogP contribution is 2.24. The first-order valence-electron chi connectivity index (χ1n) is 4.37. The molecule has 0 bridgehead atoms. The molecule has 0 spiro atoms. The van der Waals surface area contributed by atoms with Gasteiger partial charge >= 0.3 is 5.97 Å². The number of hydrogen-bond donors (Lipinski definition) is 1. The van der Waals surface area contributed by atoms with Gasteiger partial charge in [-0.1, -0.05) is 0 Å². The molecule has 0 atom stereocenters. The molecule has 1 aromatic carbocycles.